The number of hydrogen-bond donors (Lipinski definition) is 4. The predicted molar refractivity (Wildman–Crippen MR) is 158 cm³/mol. The Morgan fingerprint density at radius 2 is 1.70 bits per heavy atom. The Balaban J connectivity index is 1.27. The van der Waals surface area contributed by atoms with Gasteiger partial charge in [-0.1, -0.05) is 35.3 Å². The van der Waals surface area contributed by atoms with Crippen LogP contribution in [0.15, 0.2) is 60.8 Å². The lowest BCUT2D eigenvalue weighted by Crippen LogP contribution is -2.45. The monoisotopic (exact) mass is 583 g/mol. The Bertz CT molecular complexity index is 1360. The van der Waals surface area contributed by atoms with Gasteiger partial charge in [0.2, 0.25) is 5.91 Å². The number of rotatable bonds is 9. The van der Waals surface area contributed by atoms with E-state index in [9.17, 15) is 14.4 Å². The van der Waals surface area contributed by atoms with Crippen LogP contribution < -0.4 is 20.9 Å². The van der Waals surface area contributed by atoms with Crippen LogP contribution in [0, 0.1) is 0 Å². The number of halogens is 2. The summed E-state index contributed by atoms with van der Waals surface area (Å²) < 4.78 is 0. The Morgan fingerprint density at radius 3 is 2.35 bits per heavy atom. The number of nitrogens with zero attached hydrogens (tertiary/aromatic N) is 3. The fourth-order valence-electron chi connectivity index (χ4n) is 4.30. The van der Waals surface area contributed by atoms with E-state index in [2.05, 4.69) is 31.0 Å². The molecule has 1 aliphatic heterocycles. The van der Waals surface area contributed by atoms with Crippen LogP contribution in [-0.4, -0.2) is 72.6 Å². The largest absolute Gasteiger partial charge is 0.371 e. The fraction of sp³-hybridized carbons (Fsp3) is 0.286. The maximum absolute atomic E-state index is 13.0. The maximum Gasteiger partial charge on any atom is 0.274 e. The van der Waals surface area contributed by atoms with Crippen molar-refractivity contribution in [2.45, 2.75) is 18.9 Å². The molecule has 0 bridgehead atoms. The van der Waals surface area contributed by atoms with E-state index in [-0.39, 0.29) is 44.8 Å². The van der Waals surface area contributed by atoms with Crippen molar-refractivity contribution in [3.63, 3.8) is 0 Å². The molecule has 3 amide bonds. The highest BCUT2D eigenvalue weighted by Crippen LogP contribution is 2.26. The summed E-state index contributed by atoms with van der Waals surface area (Å²) in [7, 11) is 3.88. The average molecular weight is 585 g/mol. The molecule has 2 heterocycles. The van der Waals surface area contributed by atoms with Crippen molar-refractivity contribution in [3.05, 3.63) is 82.1 Å². The first-order valence-corrected chi connectivity index (χ1v) is 13.5. The minimum atomic E-state index is -0.536. The van der Waals surface area contributed by atoms with Crippen molar-refractivity contribution in [1.82, 2.24) is 20.4 Å². The highest BCUT2D eigenvalue weighted by atomic mass is 35.5. The lowest BCUT2D eigenvalue weighted by molar-refractivity contribution is -0.111. The molecule has 1 fully saturated rings. The van der Waals surface area contributed by atoms with E-state index in [4.69, 9.17) is 23.2 Å². The van der Waals surface area contributed by atoms with E-state index < -0.39 is 5.91 Å². The van der Waals surface area contributed by atoms with Crippen LogP contribution in [0.25, 0.3) is 0 Å². The number of amides is 3. The topological polar surface area (TPSA) is 122 Å². The number of piperidine rings is 1. The minimum absolute atomic E-state index is 0.0467. The summed E-state index contributed by atoms with van der Waals surface area (Å²) in [5, 5.41) is 15.6. The van der Waals surface area contributed by atoms with Gasteiger partial charge in [0.05, 0.1) is 21.3 Å². The zero-order chi connectivity index (χ0) is 28.6. The molecule has 0 radical (unpaired) electrons. The molecule has 10 nitrogen and oxygen atoms in total. The van der Waals surface area contributed by atoms with Crippen LogP contribution in [0.2, 0.25) is 10.0 Å². The van der Waals surface area contributed by atoms with Gasteiger partial charge < -0.3 is 25.8 Å². The second-order valence-electron chi connectivity index (χ2n) is 9.63. The molecule has 0 aliphatic carbocycles. The zero-order valence-corrected chi connectivity index (χ0v) is 23.7. The molecule has 1 saturated heterocycles. The lowest BCUT2D eigenvalue weighted by Gasteiger charge is -2.34. The molecule has 1 aromatic heterocycles. The molecule has 0 saturated carbocycles. The molecule has 210 valence electrons. The van der Waals surface area contributed by atoms with Crippen molar-refractivity contribution >= 4 is 58.0 Å². The fourth-order valence-corrected chi connectivity index (χ4v) is 4.87. The first kappa shape index (κ1) is 29.1. The smallest absolute Gasteiger partial charge is 0.274 e. The van der Waals surface area contributed by atoms with E-state index in [1.165, 1.54) is 12.3 Å². The standard InChI is InChI=1S/C28H31Cl2N7O3/c1-36(2)14-4-7-24(38)32-18-8-10-20(11-9-18)37-15-12-19(13-16-37)33-28(40)26-23(17-31-35-26)34-27(39)25-21(29)5-3-6-22(25)30/h3-11,17,19H,12-16H2,1-2H3,(H,31,35)(H,32,38)(H,33,40)(H,34,39)/b7-4+. The Morgan fingerprint density at radius 1 is 1.02 bits per heavy atom. The lowest BCUT2D eigenvalue weighted by atomic mass is 10.0. The molecule has 12 heteroatoms. The first-order valence-electron chi connectivity index (χ1n) is 12.8. The number of nitrogens with one attached hydrogen (secondary N) is 4. The molecule has 4 N–H and O–H groups in total. The van der Waals surface area contributed by atoms with Crippen molar-refractivity contribution in [1.29, 1.82) is 0 Å². The molecule has 4 rings (SSSR count). The number of carbonyl (C=O) groups excluding carboxylic acids is 3. The quantitative estimate of drug-likeness (QED) is 0.276. The Kier molecular flexibility index (Phi) is 9.81. The number of H-pyrrole nitrogens is 1. The summed E-state index contributed by atoms with van der Waals surface area (Å²) in [4.78, 5) is 42.0. The zero-order valence-electron chi connectivity index (χ0n) is 22.2. The van der Waals surface area contributed by atoms with Crippen molar-refractivity contribution in [2.75, 3.05) is 49.3 Å². The molecule has 0 atom stereocenters. The highest BCUT2D eigenvalue weighted by molar-refractivity contribution is 6.40. The van der Waals surface area contributed by atoms with Gasteiger partial charge in [0.25, 0.3) is 11.8 Å². The summed E-state index contributed by atoms with van der Waals surface area (Å²) in [6.07, 6.45) is 6.25. The van der Waals surface area contributed by atoms with E-state index in [0.717, 1.165) is 37.3 Å². The maximum atomic E-state index is 13.0. The third kappa shape index (κ3) is 7.62. The number of benzene rings is 2. The van der Waals surface area contributed by atoms with Gasteiger partial charge in [-0.3, -0.25) is 19.5 Å². The van der Waals surface area contributed by atoms with E-state index >= 15 is 0 Å². The molecular formula is C28H31Cl2N7O3. The van der Waals surface area contributed by atoms with E-state index in [0.29, 0.717) is 6.54 Å². The Hall–Kier alpha value is -3.86. The summed E-state index contributed by atoms with van der Waals surface area (Å²) in [6.45, 7) is 2.19. The normalized spacial score (nSPS) is 14.0. The molecule has 1 aliphatic rings. The van der Waals surface area contributed by atoms with Crippen LogP contribution in [0.3, 0.4) is 0 Å². The summed E-state index contributed by atoms with van der Waals surface area (Å²) in [5.74, 6) is -1.09. The molecule has 2 aromatic carbocycles. The second-order valence-corrected chi connectivity index (χ2v) is 10.4. The number of likely N-dealkylation sites (N-methyl/N-ethyl adjacent to an activating group) is 1. The Labute approximate surface area is 242 Å². The highest BCUT2D eigenvalue weighted by Gasteiger charge is 2.25. The molecule has 3 aromatic rings. The number of carbonyl (C=O) groups is 3. The van der Waals surface area contributed by atoms with Crippen LogP contribution in [-0.2, 0) is 4.79 Å². The van der Waals surface area contributed by atoms with E-state index in [1.54, 1.807) is 18.2 Å². The van der Waals surface area contributed by atoms with Gasteiger partial charge >= 0.3 is 0 Å². The van der Waals surface area contributed by atoms with Crippen LogP contribution in [0.4, 0.5) is 17.1 Å². The number of aromatic amines is 1. The number of aromatic nitrogens is 2. The van der Waals surface area contributed by atoms with Crippen LogP contribution in [0.5, 0.6) is 0 Å². The van der Waals surface area contributed by atoms with Crippen LogP contribution >= 0.6 is 23.2 Å². The van der Waals surface area contributed by atoms with Crippen LogP contribution in [0.1, 0.15) is 33.7 Å². The van der Waals surface area contributed by atoms with Gasteiger partial charge in [0.15, 0.2) is 5.69 Å². The third-order valence-electron chi connectivity index (χ3n) is 6.36. The molecular weight excluding hydrogens is 553 g/mol. The van der Waals surface area contributed by atoms with Gasteiger partial charge in [-0.2, -0.15) is 5.10 Å². The van der Waals surface area contributed by atoms with E-state index in [1.807, 2.05) is 49.3 Å². The van der Waals surface area contributed by atoms with Gasteiger partial charge in [0, 0.05) is 49.3 Å². The van der Waals surface area contributed by atoms with Gasteiger partial charge in [-0.15, -0.1) is 0 Å². The average Bonchev–Trinajstić information content (AvgIpc) is 3.37. The van der Waals surface area contributed by atoms with Gasteiger partial charge in [0.1, 0.15) is 0 Å². The van der Waals surface area contributed by atoms with Crippen molar-refractivity contribution in [2.24, 2.45) is 0 Å². The number of hydrogen-bond acceptors (Lipinski definition) is 6. The van der Waals surface area contributed by atoms with Gasteiger partial charge in [-0.25, -0.2) is 0 Å². The number of anilines is 3. The van der Waals surface area contributed by atoms with Gasteiger partial charge in [-0.05, 0) is 63.3 Å². The summed E-state index contributed by atoms with van der Waals surface area (Å²) in [6, 6.07) is 12.4. The molecule has 40 heavy (non-hydrogen) atoms. The first-order chi connectivity index (χ1) is 19.2. The summed E-state index contributed by atoms with van der Waals surface area (Å²) >= 11 is 12.3. The third-order valence-corrected chi connectivity index (χ3v) is 6.99. The van der Waals surface area contributed by atoms with Crippen molar-refractivity contribution < 1.29 is 14.4 Å². The van der Waals surface area contributed by atoms with Crippen molar-refractivity contribution in [3.8, 4) is 0 Å². The molecule has 0 unspecified atom stereocenters. The SMILES string of the molecule is CN(C)C/C=C/C(=O)Nc1ccc(N2CCC(NC(=O)c3n[nH]cc3NC(=O)c3c(Cl)cccc3Cl)CC2)cc1. The second kappa shape index (κ2) is 13.5. The predicted octanol–water partition coefficient (Wildman–Crippen LogP) is 4.42. The molecule has 0 spiro atoms. The minimum Gasteiger partial charge on any atom is -0.371 e. The summed E-state index contributed by atoms with van der Waals surface area (Å²) in [5.41, 5.74) is 2.20.